The second kappa shape index (κ2) is 11.3. The van der Waals surface area contributed by atoms with Crippen molar-refractivity contribution >= 4 is 49.9 Å². The fourth-order valence-corrected chi connectivity index (χ4v) is 8.25. The van der Waals surface area contributed by atoms with E-state index in [9.17, 15) is 17.6 Å². The first-order valence-corrected chi connectivity index (χ1v) is 16.8. The van der Waals surface area contributed by atoms with Gasteiger partial charge in [0, 0.05) is 23.4 Å². The Morgan fingerprint density at radius 3 is 2.41 bits per heavy atom. The SMILES string of the molecule is CC1CCCC2C1=NN(c1ccc(S(=O)(=O)/N=C3/SCC(=O)N3c3ccc(F)cc3)cc1)C2c1cnn(-c2ccccc2)c1. The third-order valence-electron chi connectivity index (χ3n) is 8.32. The van der Waals surface area contributed by atoms with Gasteiger partial charge in [0.05, 0.1) is 39.9 Å². The van der Waals surface area contributed by atoms with Crippen LogP contribution in [0.15, 0.2) is 106 Å². The predicted octanol–water partition coefficient (Wildman–Crippen LogP) is 6.19. The van der Waals surface area contributed by atoms with Crippen LogP contribution in [0.3, 0.4) is 0 Å². The van der Waals surface area contributed by atoms with Crippen molar-refractivity contribution in [2.45, 2.75) is 37.1 Å². The number of sulfonamides is 1. The van der Waals surface area contributed by atoms with Crippen molar-refractivity contribution in [1.29, 1.82) is 0 Å². The van der Waals surface area contributed by atoms with E-state index in [1.165, 1.54) is 47.0 Å². The van der Waals surface area contributed by atoms with Crippen molar-refractivity contribution in [3.05, 3.63) is 103 Å². The van der Waals surface area contributed by atoms with Gasteiger partial charge in [0.1, 0.15) is 5.82 Å². The monoisotopic (exact) mass is 628 g/mol. The Morgan fingerprint density at radius 1 is 0.932 bits per heavy atom. The van der Waals surface area contributed by atoms with E-state index in [4.69, 9.17) is 5.10 Å². The zero-order chi connectivity index (χ0) is 30.4. The molecule has 1 saturated carbocycles. The number of anilines is 2. The van der Waals surface area contributed by atoms with E-state index in [1.807, 2.05) is 52.4 Å². The Hall–Kier alpha value is -4.29. The Kier molecular flexibility index (Phi) is 7.33. The molecule has 1 amide bonds. The van der Waals surface area contributed by atoms with Crippen LogP contribution in [0.2, 0.25) is 0 Å². The number of halogens is 1. The summed E-state index contributed by atoms with van der Waals surface area (Å²) in [5.74, 6) is -0.144. The number of thioether (sulfide) groups is 1. The minimum absolute atomic E-state index is 0.00108. The third-order valence-corrected chi connectivity index (χ3v) is 10.6. The van der Waals surface area contributed by atoms with E-state index in [-0.39, 0.29) is 33.7 Å². The molecule has 0 radical (unpaired) electrons. The molecule has 3 aliphatic rings. The molecule has 7 rings (SSSR count). The highest BCUT2D eigenvalue weighted by molar-refractivity contribution is 8.16. The average molecular weight is 629 g/mol. The first-order chi connectivity index (χ1) is 21.3. The van der Waals surface area contributed by atoms with E-state index in [2.05, 4.69) is 16.4 Å². The number of amidine groups is 1. The fraction of sp³-hybridized carbons (Fsp3) is 0.250. The molecule has 3 atom stereocenters. The van der Waals surface area contributed by atoms with Crippen LogP contribution < -0.4 is 9.91 Å². The maximum atomic E-state index is 13.5. The maximum Gasteiger partial charge on any atom is 0.284 e. The fourth-order valence-electron chi connectivity index (χ4n) is 6.16. The minimum Gasteiger partial charge on any atom is -0.273 e. The molecule has 224 valence electrons. The Labute approximate surface area is 259 Å². The smallest absolute Gasteiger partial charge is 0.273 e. The summed E-state index contributed by atoms with van der Waals surface area (Å²) < 4.78 is 46.1. The molecule has 3 aromatic carbocycles. The third kappa shape index (κ3) is 5.22. The quantitative estimate of drug-likeness (QED) is 0.253. The molecule has 4 aromatic rings. The number of hydrogen-bond acceptors (Lipinski definition) is 7. The number of amides is 1. The summed E-state index contributed by atoms with van der Waals surface area (Å²) >= 11 is 1.03. The van der Waals surface area contributed by atoms with Crippen molar-refractivity contribution < 1.29 is 17.6 Å². The molecule has 1 aliphatic carbocycles. The molecule has 0 spiro atoms. The minimum atomic E-state index is -4.15. The van der Waals surface area contributed by atoms with E-state index in [0.29, 0.717) is 11.6 Å². The van der Waals surface area contributed by atoms with E-state index >= 15 is 0 Å². The lowest BCUT2D eigenvalue weighted by Gasteiger charge is -2.30. The lowest BCUT2D eigenvalue weighted by Crippen LogP contribution is -2.30. The molecular weight excluding hydrogens is 600 g/mol. The van der Waals surface area contributed by atoms with Gasteiger partial charge in [0.2, 0.25) is 5.91 Å². The molecule has 3 unspecified atom stereocenters. The number of para-hydroxylation sites is 1. The summed E-state index contributed by atoms with van der Waals surface area (Å²) in [4.78, 5) is 13.8. The zero-order valence-electron chi connectivity index (χ0n) is 23.8. The maximum absolute atomic E-state index is 13.5. The molecular formula is C32H29FN6O3S2. The van der Waals surface area contributed by atoms with Crippen LogP contribution in [0.1, 0.15) is 37.8 Å². The molecule has 12 heteroatoms. The summed E-state index contributed by atoms with van der Waals surface area (Å²) in [6, 6.07) is 21.7. The summed E-state index contributed by atoms with van der Waals surface area (Å²) in [6.07, 6.45) is 7.17. The first-order valence-electron chi connectivity index (χ1n) is 14.4. The Morgan fingerprint density at radius 2 is 1.66 bits per heavy atom. The van der Waals surface area contributed by atoms with Crippen LogP contribution in [-0.4, -0.2) is 40.7 Å². The van der Waals surface area contributed by atoms with Crippen LogP contribution in [0.25, 0.3) is 5.69 Å². The van der Waals surface area contributed by atoms with Gasteiger partial charge >= 0.3 is 0 Å². The molecule has 0 bridgehead atoms. The van der Waals surface area contributed by atoms with Crippen LogP contribution in [0, 0.1) is 17.7 Å². The van der Waals surface area contributed by atoms with Gasteiger partial charge in [0.15, 0.2) is 5.17 Å². The van der Waals surface area contributed by atoms with E-state index in [1.54, 1.807) is 12.1 Å². The number of nitrogens with zero attached hydrogens (tertiary/aromatic N) is 6. The first kappa shape index (κ1) is 28.5. The highest BCUT2D eigenvalue weighted by atomic mass is 32.2. The molecule has 1 aromatic heterocycles. The highest BCUT2D eigenvalue weighted by Crippen LogP contribution is 2.46. The summed E-state index contributed by atoms with van der Waals surface area (Å²) in [5, 5.41) is 11.8. The van der Waals surface area contributed by atoms with Crippen molar-refractivity contribution in [3.8, 4) is 5.69 Å². The molecule has 44 heavy (non-hydrogen) atoms. The van der Waals surface area contributed by atoms with Gasteiger partial charge in [-0.1, -0.05) is 43.3 Å². The number of hydrogen-bond donors (Lipinski definition) is 0. The lowest BCUT2D eigenvalue weighted by molar-refractivity contribution is -0.115. The predicted molar refractivity (Wildman–Crippen MR) is 170 cm³/mol. The van der Waals surface area contributed by atoms with Gasteiger partial charge < -0.3 is 0 Å². The van der Waals surface area contributed by atoms with E-state index in [0.717, 1.165) is 48.0 Å². The van der Waals surface area contributed by atoms with Crippen molar-refractivity contribution in [2.75, 3.05) is 15.7 Å². The van der Waals surface area contributed by atoms with Crippen molar-refractivity contribution in [2.24, 2.45) is 21.3 Å². The number of hydrazone groups is 1. The summed E-state index contributed by atoms with van der Waals surface area (Å²) in [6.45, 7) is 2.22. The average Bonchev–Trinajstić information content (AvgIpc) is 3.76. The van der Waals surface area contributed by atoms with Crippen LogP contribution in [-0.2, 0) is 14.8 Å². The molecule has 0 N–H and O–H groups in total. The van der Waals surface area contributed by atoms with Crippen molar-refractivity contribution in [1.82, 2.24) is 9.78 Å². The Bertz CT molecular complexity index is 1870. The number of fused-ring (bicyclic) bond motifs is 1. The highest BCUT2D eigenvalue weighted by Gasteiger charge is 2.43. The lowest BCUT2D eigenvalue weighted by atomic mass is 9.76. The molecule has 9 nitrogen and oxygen atoms in total. The number of carbonyl (C=O) groups excluding carboxylic acids is 1. The van der Waals surface area contributed by atoms with Gasteiger partial charge in [-0.05, 0) is 79.4 Å². The summed E-state index contributed by atoms with van der Waals surface area (Å²) in [7, 11) is -4.15. The van der Waals surface area contributed by atoms with Gasteiger partial charge in [-0.3, -0.25) is 14.7 Å². The Balaban J connectivity index is 1.19. The number of carbonyl (C=O) groups is 1. The second-order valence-corrected chi connectivity index (χ2v) is 13.7. The number of rotatable bonds is 6. The van der Waals surface area contributed by atoms with Crippen LogP contribution in [0.4, 0.5) is 15.8 Å². The van der Waals surface area contributed by atoms with Gasteiger partial charge in [-0.25, -0.2) is 9.07 Å². The normalized spacial score (nSPS) is 22.9. The van der Waals surface area contributed by atoms with Gasteiger partial charge in [-0.15, -0.1) is 4.40 Å². The second-order valence-electron chi connectivity index (χ2n) is 11.1. The molecule has 2 aliphatic heterocycles. The summed E-state index contributed by atoms with van der Waals surface area (Å²) in [5.41, 5.74) is 4.30. The molecule has 1 saturated heterocycles. The number of benzene rings is 3. The van der Waals surface area contributed by atoms with Crippen LogP contribution in [0.5, 0.6) is 0 Å². The van der Waals surface area contributed by atoms with E-state index < -0.39 is 15.8 Å². The largest absolute Gasteiger partial charge is 0.284 e. The van der Waals surface area contributed by atoms with Crippen LogP contribution >= 0.6 is 11.8 Å². The topological polar surface area (TPSA) is 100 Å². The number of aromatic nitrogens is 2. The van der Waals surface area contributed by atoms with Gasteiger partial charge in [0.25, 0.3) is 10.0 Å². The molecule has 2 fully saturated rings. The van der Waals surface area contributed by atoms with Gasteiger partial charge in [-0.2, -0.15) is 18.6 Å². The standard InChI is InChI=1S/C32H29FN6O3S2/c1-21-6-5-9-28-30(21)35-39(31(28)22-18-34-37(19-22)24-7-3-2-4-8-24)26-14-16-27(17-15-26)44(41,42)36-32-38(29(40)20-43-32)25-12-10-23(33)11-13-25/h2-4,7-8,10-19,21,28,31H,5-6,9,20H2,1H3/b36-32+. The van der Waals surface area contributed by atoms with Crippen molar-refractivity contribution in [3.63, 3.8) is 0 Å². The molecule has 3 heterocycles. The zero-order valence-corrected chi connectivity index (χ0v) is 25.5.